The average Bonchev–Trinajstić information content (AvgIpc) is 2.42. The number of nitrogens with one attached hydrogen (secondary N) is 1. The highest BCUT2D eigenvalue weighted by Gasteiger charge is 2.09. The molecule has 2 aromatic carbocycles. The van der Waals surface area contributed by atoms with Gasteiger partial charge < -0.3 is 10.1 Å². The highest BCUT2D eigenvalue weighted by Crippen LogP contribution is 2.19. The highest BCUT2D eigenvalue weighted by atomic mass is 19.3. The van der Waals surface area contributed by atoms with Crippen LogP contribution in [0.4, 0.5) is 27.6 Å². The van der Waals surface area contributed by atoms with Gasteiger partial charge in [0.1, 0.15) is 11.6 Å². The van der Waals surface area contributed by atoms with Gasteiger partial charge in [-0.05, 0) is 30.3 Å². The van der Waals surface area contributed by atoms with Crippen molar-refractivity contribution in [3.05, 3.63) is 59.4 Å². The summed E-state index contributed by atoms with van der Waals surface area (Å²) in [7, 11) is 0. The van der Waals surface area contributed by atoms with E-state index in [1.54, 1.807) is 0 Å². The summed E-state index contributed by atoms with van der Waals surface area (Å²) in [6, 6.07) is 6.70. The molecular weight excluding hydrogens is 293 g/mol. The Labute approximate surface area is 117 Å². The molecule has 0 aliphatic heterocycles. The molecule has 2 aromatic rings. The Hall–Kier alpha value is -2.31. The van der Waals surface area contributed by atoms with Gasteiger partial charge in [-0.25, -0.2) is 13.2 Å². The summed E-state index contributed by atoms with van der Waals surface area (Å²) >= 11 is 0. The standard InChI is InChI=1S/C14H10F5NO/c15-11-6-13(17)12(16)5-8(11)7-20-9-1-3-10(4-2-9)21-14(18)19/h1-6,14,20H,7H2. The first-order valence-corrected chi connectivity index (χ1v) is 5.88. The van der Waals surface area contributed by atoms with Crippen LogP contribution in [0.15, 0.2) is 36.4 Å². The van der Waals surface area contributed by atoms with Gasteiger partial charge in [-0.15, -0.1) is 0 Å². The lowest BCUT2D eigenvalue weighted by atomic mass is 10.2. The smallest absolute Gasteiger partial charge is 0.387 e. The van der Waals surface area contributed by atoms with E-state index in [9.17, 15) is 22.0 Å². The van der Waals surface area contributed by atoms with E-state index in [0.29, 0.717) is 11.8 Å². The summed E-state index contributed by atoms with van der Waals surface area (Å²) in [6.07, 6.45) is 0. The second-order valence-corrected chi connectivity index (χ2v) is 4.11. The Morgan fingerprint density at radius 2 is 1.52 bits per heavy atom. The Balaban J connectivity index is 2.01. The van der Waals surface area contributed by atoms with Crippen molar-refractivity contribution in [2.75, 3.05) is 5.32 Å². The summed E-state index contributed by atoms with van der Waals surface area (Å²) in [5.41, 5.74) is 0.433. The van der Waals surface area contributed by atoms with Crippen molar-refractivity contribution in [3.63, 3.8) is 0 Å². The Bertz CT molecular complexity index is 616. The maximum Gasteiger partial charge on any atom is 0.387 e. The second kappa shape index (κ2) is 6.43. The van der Waals surface area contributed by atoms with Crippen LogP contribution in [0.2, 0.25) is 0 Å². The molecule has 2 nitrogen and oxygen atoms in total. The van der Waals surface area contributed by atoms with Crippen LogP contribution in [-0.2, 0) is 6.54 Å². The number of hydrogen-bond acceptors (Lipinski definition) is 2. The topological polar surface area (TPSA) is 21.3 Å². The number of hydrogen-bond donors (Lipinski definition) is 1. The van der Waals surface area contributed by atoms with Crippen LogP contribution in [0.3, 0.4) is 0 Å². The zero-order valence-corrected chi connectivity index (χ0v) is 10.5. The van der Waals surface area contributed by atoms with Gasteiger partial charge in [0.2, 0.25) is 0 Å². The molecule has 0 heterocycles. The van der Waals surface area contributed by atoms with E-state index in [2.05, 4.69) is 10.1 Å². The number of rotatable bonds is 5. The van der Waals surface area contributed by atoms with Crippen molar-refractivity contribution in [2.24, 2.45) is 0 Å². The molecule has 2 rings (SSSR count). The molecule has 0 bridgehead atoms. The molecule has 112 valence electrons. The molecule has 0 saturated heterocycles. The van der Waals surface area contributed by atoms with Gasteiger partial charge in [-0.2, -0.15) is 8.78 Å². The summed E-state index contributed by atoms with van der Waals surface area (Å²) in [5, 5.41) is 2.76. The minimum Gasteiger partial charge on any atom is -0.435 e. The van der Waals surface area contributed by atoms with Gasteiger partial charge in [-0.1, -0.05) is 0 Å². The van der Waals surface area contributed by atoms with Gasteiger partial charge in [0.25, 0.3) is 0 Å². The molecule has 0 saturated carbocycles. The van der Waals surface area contributed by atoms with E-state index in [-0.39, 0.29) is 17.9 Å². The number of anilines is 1. The van der Waals surface area contributed by atoms with E-state index >= 15 is 0 Å². The molecule has 21 heavy (non-hydrogen) atoms. The number of benzene rings is 2. The highest BCUT2D eigenvalue weighted by molar-refractivity contribution is 5.46. The number of halogens is 5. The zero-order valence-electron chi connectivity index (χ0n) is 10.5. The fourth-order valence-corrected chi connectivity index (χ4v) is 1.65. The van der Waals surface area contributed by atoms with E-state index < -0.39 is 24.1 Å². The molecular formula is C14H10F5NO. The fourth-order valence-electron chi connectivity index (χ4n) is 1.65. The van der Waals surface area contributed by atoms with Crippen LogP contribution in [-0.4, -0.2) is 6.61 Å². The summed E-state index contributed by atoms with van der Waals surface area (Å²) in [4.78, 5) is 0. The molecule has 0 aliphatic carbocycles. The number of alkyl halides is 2. The summed E-state index contributed by atoms with van der Waals surface area (Å²) in [6.45, 7) is -3.00. The van der Waals surface area contributed by atoms with Crippen LogP contribution in [0.25, 0.3) is 0 Å². The summed E-state index contributed by atoms with van der Waals surface area (Å²) in [5.74, 6) is -3.30. The minimum atomic E-state index is -2.92. The van der Waals surface area contributed by atoms with E-state index in [1.807, 2.05) is 0 Å². The second-order valence-electron chi connectivity index (χ2n) is 4.11. The first-order chi connectivity index (χ1) is 9.95. The largest absolute Gasteiger partial charge is 0.435 e. The molecule has 0 radical (unpaired) electrons. The Morgan fingerprint density at radius 3 is 2.14 bits per heavy atom. The van der Waals surface area contributed by atoms with Crippen LogP contribution >= 0.6 is 0 Å². The minimum absolute atomic E-state index is 0.0189. The molecule has 0 amide bonds. The Morgan fingerprint density at radius 1 is 0.905 bits per heavy atom. The molecule has 0 spiro atoms. The first kappa shape index (κ1) is 15.1. The van der Waals surface area contributed by atoms with Crippen LogP contribution < -0.4 is 10.1 Å². The van der Waals surface area contributed by atoms with Crippen LogP contribution in [0.5, 0.6) is 5.75 Å². The summed E-state index contributed by atoms with van der Waals surface area (Å²) < 4.78 is 67.2. The fraction of sp³-hybridized carbons (Fsp3) is 0.143. The normalized spacial score (nSPS) is 10.8. The molecule has 7 heteroatoms. The number of ether oxygens (including phenoxy) is 1. The van der Waals surface area contributed by atoms with E-state index in [4.69, 9.17) is 0 Å². The predicted molar refractivity (Wildman–Crippen MR) is 66.7 cm³/mol. The maximum absolute atomic E-state index is 13.4. The van der Waals surface area contributed by atoms with Crippen molar-refractivity contribution in [1.29, 1.82) is 0 Å². The Kier molecular flexibility index (Phi) is 4.62. The van der Waals surface area contributed by atoms with E-state index in [1.165, 1.54) is 24.3 Å². The molecule has 0 aliphatic rings. The molecule has 1 N–H and O–H groups in total. The van der Waals surface area contributed by atoms with Crippen molar-refractivity contribution in [3.8, 4) is 5.75 Å². The quantitative estimate of drug-likeness (QED) is 0.656. The van der Waals surface area contributed by atoms with E-state index in [0.717, 1.165) is 6.07 Å². The van der Waals surface area contributed by atoms with Crippen LogP contribution in [0.1, 0.15) is 5.56 Å². The average molecular weight is 303 g/mol. The van der Waals surface area contributed by atoms with Gasteiger partial charge in [-0.3, -0.25) is 0 Å². The van der Waals surface area contributed by atoms with Gasteiger partial charge in [0.05, 0.1) is 0 Å². The third-order valence-corrected chi connectivity index (χ3v) is 2.65. The van der Waals surface area contributed by atoms with Crippen LogP contribution in [0, 0.1) is 17.5 Å². The molecule has 0 aromatic heterocycles. The third kappa shape index (κ3) is 4.08. The lowest BCUT2D eigenvalue weighted by Crippen LogP contribution is -2.04. The molecule has 0 unspecified atom stereocenters. The van der Waals surface area contributed by atoms with Crippen molar-refractivity contribution < 1.29 is 26.7 Å². The third-order valence-electron chi connectivity index (χ3n) is 2.65. The first-order valence-electron chi connectivity index (χ1n) is 5.88. The maximum atomic E-state index is 13.4. The predicted octanol–water partition coefficient (Wildman–Crippen LogP) is 4.32. The van der Waals surface area contributed by atoms with Gasteiger partial charge in [0.15, 0.2) is 11.6 Å². The molecule has 0 fully saturated rings. The lowest BCUT2D eigenvalue weighted by Gasteiger charge is -2.09. The molecule has 0 atom stereocenters. The monoisotopic (exact) mass is 303 g/mol. The van der Waals surface area contributed by atoms with Gasteiger partial charge in [0, 0.05) is 23.9 Å². The van der Waals surface area contributed by atoms with Gasteiger partial charge >= 0.3 is 6.61 Å². The lowest BCUT2D eigenvalue weighted by molar-refractivity contribution is -0.0498. The zero-order chi connectivity index (χ0) is 15.4. The van der Waals surface area contributed by atoms with Crippen molar-refractivity contribution in [1.82, 2.24) is 0 Å². The SMILES string of the molecule is Fc1cc(F)c(CNc2ccc(OC(F)F)cc2)cc1F. The van der Waals surface area contributed by atoms with Crippen molar-refractivity contribution >= 4 is 5.69 Å². The van der Waals surface area contributed by atoms with Crippen molar-refractivity contribution in [2.45, 2.75) is 13.2 Å².